The molecule has 1 aliphatic carbocycles. The van der Waals surface area contributed by atoms with Crippen molar-refractivity contribution in [3.8, 4) is 6.07 Å². The molecular weight excluding hydrogens is 385 g/mol. The predicted molar refractivity (Wildman–Crippen MR) is 103 cm³/mol. The molecule has 1 saturated carbocycles. The lowest BCUT2D eigenvalue weighted by atomic mass is 9.91. The first-order valence-corrected chi connectivity index (χ1v) is 9.11. The average molecular weight is 406 g/mol. The van der Waals surface area contributed by atoms with Gasteiger partial charge in [-0.15, -0.1) is 0 Å². The van der Waals surface area contributed by atoms with Crippen LogP contribution in [0.5, 0.6) is 0 Å². The van der Waals surface area contributed by atoms with E-state index in [-0.39, 0.29) is 29.5 Å². The minimum atomic E-state index is -4.56. The molecule has 154 valence electrons. The van der Waals surface area contributed by atoms with Gasteiger partial charge in [-0.05, 0) is 31.7 Å². The first-order chi connectivity index (χ1) is 13.8. The fourth-order valence-electron chi connectivity index (χ4n) is 3.18. The molecule has 0 aromatic carbocycles. The second kappa shape index (κ2) is 8.48. The summed E-state index contributed by atoms with van der Waals surface area (Å²) in [5, 5.41) is 17.9. The van der Waals surface area contributed by atoms with Crippen LogP contribution < -0.4 is 21.7 Å². The van der Waals surface area contributed by atoms with Gasteiger partial charge in [-0.3, -0.25) is 0 Å². The molecule has 2 heterocycles. The summed E-state index contributed by atoms with van der Waals surface area (Å²) in [5.74, 6) is -0.364. The number of anilines is 4. The van der Waals surface area contributed by atoms with Gasteiger partial charge in [0.15, 0.2) is 5.69 Å². The normalized spacial score (nSPS) is 19.3. The maximum atomic E-state index is 13.0. The van der Waals surface area contributed by atoms with E-state index in [1.807, 2.05) is 6.07 Å². The number of halogens is 3. The van der Waals surface area contributed by atoms with Gasteiger partial charge in [0.25, 0.3) is 0 Å². The Hall–Kier alpha value is -3.13. The molecule has 0 bridgehead atoms. The van der Waals surface area contributed by atoms with Gasteiger partial charge in [0, 0.05) is 25.3 Å². The van der Waals surface area contributed by atoms with E-state index in [1.165, 1.54) is 13.2 Å². The van der Waals surface area contributed by atoms with Crippen molar-refractivity contribution in [2.45, 2.75) is 43.9 Å². The highest BCUT2D eigenvalue weighted by Gasteiger charge is 2.35. The predicted octanol–water partition coefficient (Wildman–Crippen LogP) is 3.23. The Kier molecular flexibility index (Phi) is 6.03. The van der Waals surface area contributed by atoms with Gasteiger partial charge < -0.3 is 21.7 Å². The first kappa shape index (κ1) is 20.6. The molecule has 1 fully saturated rings. The zero-order valence-electron chi connectivity index (χ0n) is 15.7. The molecule has 5 N–H and O–H groups in total. The number of hydrogen-bond donors (Lipinski definition) is 4. The fourth-order valence-corrected chi connectivity index (χ4v) is 3.18. The molecule has 2 aromatic heterocycles. The van der Waals surface area contributed by atoms with Crippen LogP contribution in [-0.4, -0.2) is 34.1 Å². The van der Waals surface area contributed by atoms with Gasteiger partial charge in [0.2, 0.25) is 5.95 Å². The van der Waals surface area contributed by atoms with E-state index in [4.69, 9.17) is 5.73 Å². The number of nitriles is 1. The summed E-state index contributed by atoms with van der Waals surface area (Å²) in [6.07, 6.45) is 1.12. The third-order valence-electron chi connectivity index (χ3n) is 4.71. The first-order valence-electron chi connectivity index (χ1n) is 9.11. The maximum Gasteiger partial charge on any atom is 0.421 e. The Labute approximate surface area is 165 Å². The van der Waals surface area contributed by atoms with Crippen molar-refractivity contribution >= 4 is 23.1 Å². The van der Waals surface area contributed by atoms with Crippen molar-refractivity contribution < 1.29 is 13.2 Å². The van der Waals surface area contributed by atoms with Crippen molar-refractivity contribution in [1.29, 1.82) is 5.26 Å². The fraction of sp³-hybridized carbons (Fsp3) is 0.444. The molecule has 0 saturated heterocycles. The topological polar surface area (TPSA) is 125 Å². The van der Waals surface area contributed by atoms with Crippen LogP contribution in [0.25, 0.3) is 0 Å². The molecule has 1 aliphatic rings. The quantitative estimate of drug-likeness (QED) is 0.597. The highest BCUT2D eigenvalue weighted by Crippen LogP contribution is 2.34. The molecule has 8 nitrogen and oxygen atoms in total. The minimum Gasteiger partial charge on any atom is -0.380 e. The summed E-state index contributed by atoms with van der Waals surface area (Å²) in [7, 11) is 1.35. The maximum absolute atomic E-state index is 13.0. The monoisotopic (exact) mass is 406 g/mol. The molecule has 0 unspecified atom stereocenters. The van der Waals surface area contributed by atoms with Crippen LogP contribution in [0.15, 0.2) is 18.5 Å². The highest BCUT2D eigenvalue weighted by molar-refractivity contribution is 5.65. The molecule has 0 atom stereocenters. The van der Waals surface area contributed by atoms with Crippen molar-refractivity contribution in [3.05, 3.63) is 29.7 Å². The lowest BCUT2D eigenvalue weighted by Gasteiger charge is -2.27. The summed E-state index contributed by atoms with van der Waals surface area (Å²) >= 11 is 0. The van der Waals surface area contributed by atoms with Crippen molar-refractivity contribution in [3.63, 3.8) is 0 Å². The molecule has 0 spiro atoms. The van der Waals surface area contributed by atoms with Crippen LogP contribution in [-0.2, 0) is 6.18 Å². The van der Waals surface area contributed by atoms with Crippen molar-refractivity contribution in [2.75, 3.05) is 23.0 Å². The zero-order chi connectivity index (χ0) is 21.0. The Balaban J connectivity index is 1.80. The number of aromatic nitrogens is 3. The smallest absolute Gasteiger partial charge is 0.380 e. The Morgan fingerprint density at radius 1 is 1.17 bits per heavy atom. The summed E-state index contributed by atoms with van der Waals surface area (Å²) in [6.45, 7) is 0. The van der Waals surface area contributed by atoms with E-state index in [0.29, 0.717) is 17.6 Å². The largest absolute Gasteiger partial charge is 0.421 e. The van der Waals surface area contributed by atoms with Crippen LogP contribution in [0.3, 0.4) is 0 Å². The second-order valence-electron chi connectivity index (χ2n) is 6.82. The standard InChI is InChI=1S/C18H21F3N8/c1-24-16-13(18(19,20)21)9-26-17(29-16)28-12-6-14(15(7-22)25-8-12)27-11-4-2-10(23)3-5-11/h6,8-11,27H,2-5,23H2,1H3,(H2,24,26,28,29). The molecule has 29 heavy (non-hydrogen) atoms. The number of nitrogens with two attached hydrogens (primary N) is 1. The third-order valence-corrected chi connectivity index (χ3v) is 4.71. The van der Waals surface area contributed by atoms with Gasteiger partial charge in [-0.1, -0.05) is 0 Å². The second-order valence-corrected chi connectivity index (χ2v) is 6.82. The molecule has 3 rings (SSSR count). The van der Waals surface area contributed by atoms with Gasteiger partial charge in [0.05, 0.1) is 17.6 Å². The van der Waals surface area contributed by atoms with E-state index in [0.717, 1.165) is 25.7 Å². The zero-order valence-corrected chi connectivity index (χ0v) is 15.7. The number of nitrogens with zero attached hydrogens (tertiary/aromatic N) is 4. The van der Waals surface area contributed by atoms with Crippen LogP contribution >= 0.6 is 0 Å². The van der Waals surface area contributed by atoms with E-state index < -0.39 is 11.7 Å². The van der Waals surface area contributed by atoms with Crippen LogP contribution in [0, 0.1) is 11.3 Å². The number of alkyl halides is 3. The van der Waals surface area contributed by atoms with Crippen LogP contribution in [0.4, 0.5) is 36.3 Å². The van der Waals surface area contributed by atoms with Crippen LogP contribution in [0.1, 0.15) is 36.9 Å². The number of rotatable bonds is 5. The molecular formula is C18H21F3N8. The summed E-state index contributed by atoms with van der Waals surface area (Å²) in [5.41, 5.74) is 6.19. The van der Waals surface area contributed by atoms with Crippen LogP contribution in [0.2, 0.25) is 0 Å². The lowest BCUT2D eigenvalue weighted by Crippen LogP contribution is -2.33. The highest BCUT2D eigenvalue weighted by atomic mass is 19.4. The Bertz CT molecular complexity index is 901. The average Bonchev–Trinajstić information content (AvgIpc) is 2.69. The Morgan fingerprint density at radius 3 is 2.52 bits per heavy atom. The number of pyridine rings is 1. The van der Waals surface area contributed by atoms with Gasteiger partial charge in [0.1, 0.15) is 17.5 Å². The van der Waals surface area contributed by atoms with Gasteiger partial charge in [-0.2, -0.15) is 23.4 Å². The molecule has 2 aromatic rings. The van der Waals surface area contributed by atoms with E-state index in [2.05, 4.69) is 30.9 Å². The van der Waals surface area contributed by atoms with E-state index >= 15 is 0 Å². The molecule has 0 amide bonds. The van der Waals surface area contributed by atoms with Gasteiger partial charge >= 0.3 is 6.18 Å². The van der Waals surface area contributed by atoms with E-state index in [9.17, 15) is 18.4 Å². The summed E-state index contributed by atoms with van der Waals surface area (Å²) < 4.78 is 38.9. The molecule has 0 radical (unpaired) electrons. The molecule has 0 aliphatic heterocycles. The summed E-state index contributed by atoms with van der Waals surface area (Å²) in [4.78, 5) is 11.7. The molecule has 11 heteroatoms. The Morgan fingerprint density at radius 2 is 1.90 bits per heavy atom. The number of nitrogens with one attached hydrogen (secondary N) is 3. The minimum absolute atomic E-state index is 0.0246. The lowest BCUT2D eigenvalue weighted by molar-refractivity contribution is -0.137. The summed E-state index contributed by atoms with van der Waals surface area (Å²) in [6, 6.07) is 4.08. The SMILES string of the molecule is CNc1nc(Nc2cnc(C#N)c(NC3CCC(N)CC3)c2)ncc1C(F)(F)F. The number of hydrogen-bond acceptors (Lipinski definition) is 8. The third kappa shape index (κ3) is 5.03. The van der Waals surface area contributed by atoms with Crippen molar-refractivity contribution in [1.82, 2.24) is 15.0 Å². The van der Waals surface area contributed by atoms with E-state index in [1.54, 1.807) is 6.07 Å². The van der Waals surface area contributed by atoms with Crippen molar-refractivity contribution in [2.24, 2.45) is 5.73 Å². The van der Waals surface area contributed by atoms with Gasteiger partial charge in [-0.25, -0.2) is 9.97 Å².